The fourth-order valence-corrected chi connectivity index (χ4v) is 1.43. The molecule has 8 heteroatoms. The van der Waals surface area contributed by atoms with Gasteiger partial charge in [0.15, 0.2) is 10.3 Å². The SMILES string of the molecule is CCN(CC(O)CCl)S(=O)(=O)[O-].[K+]. The molecule has 0 aromatic heterocycles. The molecule has 0 aliphatic heterocycles. The van der Waals surface area contributed by atoms with Crippen molar-refractivity contribution in [3.8, 4) is 0 Å². The normalized spacial score (nSPS) is 13.9. The van der Waals surface area contributed by atoms with E-state index in [1.807, 2.05) is 0 Å². The third-order valence-electron chi connectivity index (χ3n) is 1.26. The van der Waals surface area contributed by atoms with E-state index in [0.717, 1.165) is 0 Å². The summed E-state index contributed by atoms with van der Waals surface area (Å²) in [5.41, 5.74) is 0. The quantitative estimate of drug-likeness (QED) is 0.312. The standard InChI is InChI=1S/C5H12ClNO4S.K/c1-2-7(12(9,10)11)4-5(8)3-6;/h5,8H,2-4H2,1H3,(H,9,10,11);/q;+1/p-1. The molecule has 1 unspecified atom stereocenters. The molecule has 0 saturated heterocycles. The van der Waals surface area contributed by atoms with Gasteiger partial charge in [0.05, 0.1) is 6.10 Å². The van der Waals surface area contributed by atoms with Gasteiger partial charge in [-0.3, -0.25) is 0 Å². The maximum Gasteiger partial charge on any atom is 1.00 e. The minimum atomic E-state index is -4.46. The zero-order valence-corrected chi connectivity index (χ0v) is 12.3. The summed E-state index contributed by atoms with van der Waals surface area (Å²) in [6.45, 7) is 1.31. The molecule has 74 valence electrons. The Morgan fingerprint density at radius 2 is 2.08 bits per heavy atom. The molecule has 0 spiro atoms. The van der Waals surface area contributed by atoms with Crippen molar-refractivity contribution >= 4 is 21.9 Å². The third-order valence-corrected chi connectivity index (χ3v) is 2.66. The van der Waals surface area contributed by atoms with Crippen molar-refractivity contribution in [1.82, 2.24) is 4.31 Å². The molecular weight excluding hydrogens is 245 g/mol. The van der Waals surface area contributed by atoms with E-state index in [1.54, 1.807) is 0 Å². The number of alkyl halides is 1. The maximum atomic E-state index is 10.4. The Balaban J connectivity index is 0. The van der Waals surface area contributed by atoms with Crippen LogP contribution in [0, 0.1) is 0 Å². The minimum Gasteiger partial charge on any atom is -0.735 e. The van der Waals surface area contributed by atoms with Crippen LogP contribution in [-0.2, 0) is 10.3 Å². The summed E-state index contributed by atoms with van der Waals surface area (Å²) in [6.07, 6.45) is -0.990. The Hall–Kier alpha value is 1.76. The molecule has 0 aliphatic rings. The van der Waals surface area contributed by atoms with Crippen LogP contribution in [0.3, 0.4) is 0 Å². The molecule has 0 heterocycles. The topological polar surface area (TPSA) is 80.7 Å². The largest absolute Gasteiger partial charge is 1.00 e. The van der Waals surface area contributed by atoms with E-state index in [0.29, 0.717) is 4.31 Å². The summed E-state index contributed by atoms with van der Waals surface area (Å²) in [7, 11) is -4.46. The van der Waals surface area contributed by atoms with Crippen molar-refractivity contribution in [2.75, 3.05) is 19.0 Å². The molecule has 0 aromatic carbocycles. The van der Waals surface area contributed by atoms with Gasteiger partial charge < -0.3 is 9.66 Å². The van der Waals surface area contributed by atoms with Crippen LogP contribution in [0.15, 0.2) is 0 Å². The summed E-state index contributed by atoms with van der Waals surface area (Å²) in [5.74, 6) is -0.0912. The molecule has 0 saturated carbocycles. The Morgan fingerprint density at radius 3 is 2.31 bits per heavy atom. The van der Waals surface area contributed by atoms with Gasteiger partial charge in [-0.1, -0.05) is 6.92 Å². The smallest absolute Gasteiger partial charge is 0.735 e. The van der Waals surface area contributed by atoms with Crippen molar-refractivity contribution in [1.29, 1.82) is 0 Å². The zero-order chi connectivity index (χ0) is 9.78. The average molecular weight is 256 g/mol. The van der Waals surface area contributed by atoms with E-state index in [1.165, 1.54) is 6.92 Å². The van der Waals surface area contributed by atoms with Crippen LogP contribution in [0.4, 0.5) is 0 Å². The van der Waals surface area contributed by atoms with Crippen LogP contribution in [-0.4, -0.2) is 47.5 Å². The summed E-state index contributed by atoms with van der Waals surface area (Å²) in [5, 5.41) is 8.95. The Bertz CT molecular complexity index is 223. The Morgan fingerprint density at radius 1 is 1.62 bits per heavy atom. The number of hydrogen-bond acceptors (Lipinski definition) is 4. The Labute approximate surface area is 126 Å². The van der Waals surface area contributed by atoms with Crippen LogP contribution in [0.25, 0.3) is 0 Å². The zero-order valence-electron chi connectivity index (χ0n) is 7.60. The van der Waals surface area contributed by atoms with Gasteiger partial charge in [-0.25, -0.2) is 12.7 Å². The van der Waals surface area contributed by atoms with Gasteiger partial charge >= 0.3 is 51.4 Å². The van der Waals surface area contributed by atoms with Gasteiger partial charge in [0.1, 0.15) is 0 Å². The van der Waals surface area contributed by atoms with Crippen LogP contribution >= 0.6 is 11.6 Å². The molecule has 0 aromatic rings. The first-order valence-corrected chi connectivity index (χ1v) is 5.26. The van der Waals surface area contributed by atoms with Crippen LogP contribution in [0.1, 0.15) is 6.92 Å². The number of likely N-dealkylation sites (N-methyl/N-ethyl adjacent to an activating group) is 1. The van der Waals surface area contributed by atoms with E-state index in [9.17, 15) is 13.0 Å². The monoisotopic (exact) mass is 255 g/mol. The predicted molar refractivity (Wildman–Crippen MR) is 43.7 cm³/mol. The first-order valence-electron chi connectivity index (χ1n) is 3.36. The molecule has 0 rings (SSSR count). The molecule has 1 atom stereocenters. The average Bonchev–Trinajstić information content (AvgIpc) is 1.97. The molecule has 5 nitrogen and oxygen atoms in total. The predicted octanol–water partition coefficient (Wildman–Crippen LogP) is -3.63. The van der Waals surface area contributed by atoms with E-state index in [2.05, 4.69) is 0 Å². The van der Waals surface area contributed by atoms with Gasteiger partial charge in [0, 0.05) is 19.0 Å². The molecule has 0 bridgehead atoms. The third kappa shape index (κ3) is 7.66. The van der Waals surface area contributed by atoms with E-state index < -0.39 is 16.4 Å². The van der Waals surface area contributed by atoms with E-state index >= 15 is 0 Å². The second kappa shape index (κ2) is 7.97. The Kier molecular flexibility index (Phi) is 10.5. The summed E-state index contributed by atoms with van der Waals surface area (Å²) in [4.78, 5) is 0. The molecular formula is C5H11ClKNO4S. The van der Waals surface area contributed by atoms with E-state index in [4.69, 9.17) is 16.7 Å². The van der Waals surface area contributed by atoms with Crippen molar-refractivity contribution in [2.45, 2.75) is 13.0 Å². The maximum absolute atomic E-state index is 10.4. The number of halogens is 1. The van der Waals surface area contributed by atoms with E-state index in [-0.39, 0.29) is 70.4 Å². The van der Waals surface area contributed by atoms with Crippen LogP contribution in [0.2, 0.25) is 0 Å². The number of aliphatic hydroxyl groups is 1. The van der Waals surface area contributed by atoms with Gasteiger partial charge in [-0.05, 0) is 0 Å². The number of aliphatic hydroxyl groups excluding tert-OH is 1. The van der Waals surface area contributed by atoms with Crippen molar-refractivity contribution < 1.29 is 69.5 Å². The molecule has 0 amide bonds. The first kappa shape index (κ1) is 17.2. The van der Waals surface area contributed by atoms with Gasteiger partial charge in [-0.2, -0.15) is 0 Å². The minimum absolute atomic E-state index is 0. The van der Waals surface area contributed by atoms with Gasteiger partial charge in [0.25, 0.3) is 0 Å². The fraction of sp³-hybridized carbons (Fsp3) is 1.00. The summed E-state index contributed by atoms with van der Waals surface area (Å²) in [6, 6.07) is 0. The van der Waals surface area contributed by atoms with Gasteiger partial charge in [-0.15, -0.1) is 11.6 Å². The second-order valence-corrected chi connectivity index (χ2v) is 3.90. The van der Waals surface area contributed by atoms with Crippen LogP contribution < -0.4 is 51.4 Å². The molecule has 0 aliphatic carbocycles. The molecule has 0 radical (unpaired) electrons. The number of rotatable bonds is 5. The fourth-order valence-electron chi connectivity index (χ4n) is 0.662. The summed E-state index contributed by atoms with van der Waals surface area (Å²) >= 11 is 5.23. The molecule has 1 N–H and O–H groups in total. The first-order chi connectivity index (χ1) is 5.41. The van der Waals surface area contributed by atoms with Gasteiger partial charge in [0.2, 0.25) is 0 Å². The molecule has 0 fully saturated rings. The summed E-state index contributed by atoms with van der Waals surface area (Å²) < 4.78 is 31.9. The van der Waals surface area contributed by atoms with Crippen molar-refractivity contribution in [3.05, 3.63) is 0 Å². The van der Waals surface area contributed by atoms with Crippen LogP contribution in [0.5, 0.6) is 0 Å². The second-order valence-electron chi connectivity index (χ2n) is 2.22. The number of hydrogen-bond donors (Lipinski definition) is 1. The van der Waals surface area contributed by atoms with Crippen molar-refractivity contribution in [3.63, 3.8) is 0 Å². The number of nitrogens with zero attached hydrogens (tertiary/aromatic N) is 1. The van der Waals surface area contributed by atoms with Crippen molar-refractivity contribution in [2.24, 2.45) is 0 Å². The molecule has 13 heavy (non-hydrogen) atoms.